The number of esters is 1. The van der Waals surface area contributed by atoms with E-state index in [0.29, 0.717) is 0 Å². The summed E-state index contributed by atoms with van der Waals surface area (Å²) in [6, 6.07) is 10.5. The van der Waals surface area contributed by atoms with Crippen LogP contribution in [0.5, 0.6) is 5.75 Å². The van der Waals surface area contributed by atoms with E-state index in [1.165, 1.54) is 7.11 Å². The quantitative estimate of drug-likeness (QED) is 0.430. The molecule has 0 aliphatic heterocycles. The van der Waals surface area contributed by atoms with E-state index in [2.05, 4.69) is 69.5 Å². The third kappa shape index (κ3) is 4.31. The minimum atomic E-state index is -1.86. The van der Waals surface area contributed by atoms with Gasteiger partial charge in [0.15, 0.2) is 0 Å². The van der Waals surface area contributed by atoms with E-state index < -0.39 is 8.32 Å². The fourth-order valence-electron chi connectivity index (χ4n) is 5.01. The molecular formula is C26H38N2O3Si. The number of hydrogen-bond acceptors (Lipinski definition) is 5. The highest BCUT2D eigenvalue weighted by Crippen LogP contribution is 2.53. The van der Waals surface area contributed by atoms with Crippen molar-refractivity contribution in [2.75, 3.05) is 7.11 Å². The fourth-order valence-corrected chi connectivity index (χ4v) is 6.03. The minimum absolute atomic E-state index is 0.0149. The molecule has 6 heteroatoms. The Kier molecular flexibility index (Phi) is 5.91. The molecule has 3 fully saturated rings. The molecule has 5 rings (SSSR count). The molecule has 1 aromatic heterocycles. The van der Waals surface area contributed by atoms with Crippen LogP contribution in [0.25, 0.3) is 10.9 Å². The Balaban J connectivity index is 1.42. The predicted molar refractivity (Wildman–Crippen MR) is 131 cm³/mol. The maximum atomic E-state index is 12.2. The smallest absolute Gasteiger partial charge is 0.311 e. The van der Waals surface area contributed by atoms with Crippen molar-refractivity contribution in [3.05, 3.63) is 36.0 Å². The van der Waals surface area contributed by atoms with Crippen LogP contribution in [0.3, 0.4) is 0 Å². The number of carbonyl (C=O) groups excluding carboxylic acids is 1. The Hall–Kier alpha value is -1.92. The lowest BCUT2D eigenvalue weighted by Crippen LogP contribution is -2.56. The normalized spacial score (nSPS) is 25.7. The number of carbonyl (C=O) groups is 1. The number of rotatable bonds is 6. The molecule has 0 unspecified atom stereocenters. The van der Waals surface area contributed by atoms with Crippen LogP contribution in [0.1, 0.15) is 65.0 Å². The summed E-state index contributed by atoms with van der Waals surface area (Å²) in [5.74, 6) is 0.924. The molecule has 0 saturated heterocycles. The van der Waals surface area contributed by atoms with Gasteiger partial charge in [-0.1, -0.05) is 26.8 Å². The standard InChI is InChI=1S/C26H38N2O3Si/c1-24(2,3)32(5,6)31-21-9-10-22-19(17-21)7-8-20(28-22)18-27-26-14-11-25(12-15-26,13-16-26)23(29)30-4/h7-10,17,27H,11-16,18H2,1-6H3. The van der Waals surface area contributed by atoms with Gasteiger partial charge in [-0.3, -0.25) is 9.78 Å². The number of methoxy groups -OCH3 is 1. The van der Waals surface area contributed by atoms with E-state index >= 15 is 0 Å². The SMILES string of the molecule is COC(=O)C12CCC(NCc3ccc4cc(O[Si](C)(C)C(C)(C)C)ccc4n3)(CC1)CC2. The zero-order valence-electron chi connectivity index (χ0n) is 20.5. The summed E-state index contributed by atoms with van der Waals surface area (Å²) in [4.78, 5) is 17.1. The van der Waals surface area contributed by atoms with Gasteiger partial charge in [0.1, 0.15) is 5.75 Å². The molecule has 1 heterocycles. The Morgan fingerprint density at radius 2 is 1.72 bits per heavy atom. The summed E-state index contributed by atoms with van der Waals surface area (Å²) in [7, 11) is -0.346. The van der Waals surface area contributed by atoms with Crippen LogP contribution in [0.2, 0.25) is 18.1 Å². The van der Waals surface area contributed by atoms with Crippen molar-refractivity contribution in [2.45, 2.75) is 89.5 Å². The van der Waals surface area contributed by atoms with Gasteiger partial charge in [-0.05, 0) is 80.9 Å². The van der Waals surface area contributed by atoms with Crippen LogP contribution >= 0.6 is 0 Å². The van der Waals surface area contributed by atoms with Gasteiger partial charge < -0.3 is 14.5 Å². The Morgan fingerprint density at radius 1 is 1.06 bits per heavy atom. The molecule has 5 nitrogen and oxygen atoms in total. The predicted octanol–water partition coefficient (Wildman–Crippen LogP) is 5.97. The van der Waals surface area contributed by atoms with Crippen molar-refractivity contribution in [3.63, 3.8) is 0 Å². The van der Waals surface area contributed by atoms with Gasteiger partial charge in [-0.25, -0.2) is 0 Å². The zero-order valence-corrected chi connectivity index (χ0v) is 21.5. The first-order chi connectivity index (χ1) is 15.0. The second-order valence-electron chi connectivity index (χ2n) is 11.4. The molecule has 0 spiro atoms. The summed E-state index contributed by atoms with van der Waals surface area (Å²) in [5, 5.41) is 5.09. The van der Waals surface area contributed by atoms with Gasteiger partial charge in [0.05, 0.1) is 23.7 Å². The van der Waals surface area contributed by atoms with Crippen LogP contribution in [0.15, 0.2) is 30.3 Å². The number of hydrogen-bond donors (Lipinski definition) is 1. The van der Waals surface area contributed by atoms with Crippen molar-refractivity contribution in [1.82, 2.24) is 10.3 Å². The van der Waals surface area contributed by atoms with Crippen LogP contribution in [0, 0.1) is 5.41 Å². The summed E-state index contributed by atoms with van der Waals surface area (Å²) in [6.07, 6.45) is 5.87. The number of nitrogens with one attached hydrogen (secondary N) is 1. The zero-order chi connectivity index (χ0) is 23.2. The molecule has 2 aromatic rings. The van der Waals surface area contributed by atoms with Crippen LogP contribution in [-0.4, -0.2) is 31.9 Å². The third-order valence-corrected chi connectivity index (χ3v) is 12.8. The minimum Gasteiger partial charge on any atom is -0.543 e. The number of ether oxygens (including phenoxy) is 1. The van der Waals surface area contributed by atoms with E-state index in [4.69, 9.17) is 14.1 Å². The van der Waals surface area contributed by atoms with Crippen LogP contribution < -0.4 is 9.74 Å². The van der Waals surface area contributed by atoms with E-state index in [9.17, 15) is 4.79 Å². The monoisotopic (exact) mass is 454 g/mol. The fraction of sp³-hybridized carbons (Fsp3) is 0.615. The molecule has 3 aliphatic carbocycles. The Bertz CT molecular complexity index is 987. The Labute approximate surface area is 193 Å². The van der Waals surface area contributed by atoms with Crippen molar-refractivity contribution < 1.29 is 14.0 Å². The van der Waals surface area contributed by atoms with Gasteiger partial charge in [0.25, 0.3) is 0 Å². The number of benzene rings is 1. The first kappa shape index (κ1) is 23.2. The average Bonchev–Trinajstić information content (AvgIpc) is 2.77. The van der Waals surface area contributed by atoms with Crippen LogP contribution in [-0.2, 0) is 16.1 Å². The summed E-state index contributed by atoms with van der Waals surface area (Å²) in [5.41, 5.74) is 1.96. The molecule has 0 atom stereocenters. The van der Waals surface area contributed by atoms with Gasteiger partial charge in [0, 0.05) is 17.5 Å². The lowest BCUT2D eigenvalue weighted by molar-refractivity contribution is -0.160. The lowest BCUT2D eigenvalue weighted by atomic mass is 9.57. The van der Waals surface area contributed by atoms with Gasteiger partial charge in [-0.2, -0.15) is 0 Å². The number of nitrogens with zero attached hydrogens (tertiary/aromatic N) is 1. The van der Waals surface area contributed by atoms with E-state index in [1.807, 2.05) is 0 Å². The summed E-state index contributed by atoms with van der Waals surface area (Å²) in [6.45, 7) is 12.1. The van der Waals surface area contributed by atoms with Gasteiger partial charge >= 0.3 is 5.97 Å². The van der Waals surface area contributed by atoms with E-state index in [-0.39, 0.29) is 22.0 Å². The van der Waals surface area contributed by atoms with E-state index in [1.54, 1.807) is 0 Å². The highest BCUT2D eigenvalue weighted by Gasteiger charge is 2.52. The van der Waals surface area contributed by atoms with Crippen molar-refractivity contribution in [1.29, 1.82) is 0 Å². The average molecular weight is 455 g/mol. The molecule has 174 valence electrons. The molecule has 1 N–H and O–H groups in total. The lowest BCUT2D eigenvalue weighted by Gasteiger charge is -2.52. The maximum absolute atomic E-state index is 12.2. The van der Waals surface area contributed by atoms with Gasteiger partial charge in [-0.15, -0.1) is 0 Å². The third-order valence-electron chi connectivity index (χ3n) is 8.41. The molecule has 2 bridgehead atoms. The topological polar surface area (TPSA) is 60.5 Å². The summed E-state index contributed by atoms with van der Waals surface area (Å²) < 4.78 is 11.5. The van der Waals surface area contributed by atoms with Crippen molar-refractivity contribution >= 4 is 25.2 Å². The first-order valence-electron chi connectivity index (χ1n) is 11.9. The maximum Gasteiger partial charge on any atom is 0.311 e. The molecule has 32 heavy (non-hydrogen) atoms. The van der Waals surface area contributed by atoms with E-state index in [0.717, 1.165) is 67.4 Å². The molecule has 3 saturated carbocycles. The second-order valence-corrected chi connectivity index (χ2v) is 16.2. The van der Waals surface area contributed by atoms with Crippen molar-refractivity contribution in [2.24, 2.45) is 5.41 Å². The number of fused-ring (bicyclic) bond motifs is 4. The molecule has 0 radical (unpaired) electrons. The highest BCUT2D eigenvalue weighted by atomic mass is 28.4. The second kappa shape index (κ2) is 8.14. The molecular weight excluding hydrogens is 416 g/mol. The van der Waals surface area contributed by atoms with Crippen molar-refractivity contribution in [3.8, 4) is 5.75 Å². The first-order valence-corrected chi connectivity index (χ1v) is 14.8. The Morgan fingerprint density at radius 3 is 2.31 bits per heavy atom. The number of pyridine rings is 1. The van der Waals surface area contributed by atoms with Gasteiger partial charge in [0.2, 0.25) is 8.32 Å². The largest absolute Gasteiger partial charge is 0.543 e. The summed E-state index contributed by atoms with van der Waals surface area (Å²) >= 11 is 0. The molecule has 0 amide bonds. The number of aromatic nitrogens is 1. The van der Waals surface area contributed by atoms with Crippen LogP contribution in [0.4, 0.5) is 0 Å². The molecule has 1 aromatic carbocycles. The highest BCUT2D eigenvalue weighted by molar-refractivity contribution is 6.74. The molecule has 3 aliphatic rings.